The van der Waals surface area contributed by atoms with Crippen LogP contribution in [0.3, 0.4) is 0 Å². The Labute approximate surface area is 221 Å². The minimum Gasteiger partial charge on any atom is -0.383 e. The number of amides is 4. The second-order valence-corrected chi connectivity index (χ2v) is 9.58. The highest BCUT2D eigenvalue weighted by atomic mass is 16.5. The van der Waals surface area contributed by atoms with E-state index in [1.807, 2.05) is 42.5 Å². The molecule has 3 aromatic rings. The predicted octanol–water partition coefficient (Wildman–Crippen LogP) is 3.32. The molecule has 1 atom stereocenters. The minimum atomic E-state index is -1.24. The van der Waals surface area contributed by atoms with E-state index in [0.29, 0.717) is 24.9 Å². The molecule has 2 aliphatic rings. The summed E-state index contributed by atoms with van der Waals surface area (Å²) in [6.45, 7) is -0.142. The van der Waals surface area contributed by atoms with Crippen molar-refractivity contribution in [3.8, 4) is 0 Å². The Morgan fingerprint density at radius 3 is 2.16 bits per heavy atom. The first-order chi connectivity index (χ1) is 18.4. The van der Waals surface area contributed by atoms with Gasteiger partial charge in [0.1, 0.15) is 12.1 Å². The Balaban J connectivity index is 1.50. The number of nitrogens with one attached hydrogen (secondary N) is 1. The fourth-order valence-electron chi connectivity index (χ4n) is 5.40. The molecule has 0 radical (unpaired) electrons. The molecule has 0 spiro atoms. The van der Waals surface area contributed by atoms with Crippen LogP contribution in [0.25, 0.3) is 0 Å². The SMILES string of the molecule is COCCN(C(=O)CN1C(=O)c2ccccc2C1=O)[C@]1(C(=O)Nc2ccccc2)CCc2ccccc2C1. The molecule has 1 aliphatic carbocycles. The molecule has 1 aliphatic heterocycles. The Morgan fingerprint density at radius 1 is 0.895 bits per heavy atom. The fraction of sp³-hybridized carbons (Fsp3) is 0.267. The lowest BCUT2D eigenvalue weighted by molar-refractivity contribution is -0.147. The van der Waals surface area contributed by atoms with Gasteiger partial charge in [-0.15, -0.1) is 0 Å². The monoisotopic (exact) mass is 511 g/mol. The second kappa shape index (κ2) is 10.6. The molecule has 5 rings (SSSR count). The smallest absolute Gasteiger partial charge is 0.262 e. The van der Waals surface area contributed by atoms with Gasteiger partial charge in [-0.3, -0.25) is 24.1 Å². The fourth-order valence-corrected chi connectivity index (χ4v) is 5.40. The summed E-state index contributed by atoms with van der Waals surface area (Å²) in [6, 6.07) is 23.5. The number of carbonyl (C=O) groups is 4. The van der Waals surface area contributed by atoms with Crippen molar-refractivity contribution in [3.63, 3.8) is 0 Å². The molecule has 0 saturated carbocycles. The molecule has 1 heterocycles. The summed E-state index contributed by atoms with van der Waals surface area (Å²) in [6.07, 6.45) is 1.29. The van der Waals surface area contributed by atoms with E-state index in [1.165, 1.54) is 12.0 Å². The van der Waals surface area contributed by atoms with Crippen molar-refractivity contribution in [2.24, 2.45) is 0 Å². The molecule has 38 heavy (non-hydrogen) atoms. The Kier molecular flexibility index (Phi) is 7.07. The summed E-state index contributed by atoms with van der Waals surface area (Å²) >= 11 is 0. The average Bonchev–Trinajstić information content (AvgIpc) is 3.18. The predicted molar refractivity (Wildman–Crippen MR) is 142 cm³/mol. The summed E-state index contributed by atoms with van der Waals surface area (Å²) in [5.74, 6) is -1.82. The van der Waals surface area contributed by atoms with E-state index < -0.39 is 29.8 Å². The van der Waals surface area contributed by atoms with E-state index in [2.05, 4.69) is 5.32 Å². The zero-order valence-corrected chi connectivity index (χ0v) is 21.2. The molecule has 0 unspecified atom stereocenters. The topological polar surface area (TPSA) is 96.0 Å². The van der Waals surface area contributed by atoms with Gasteiger partial charge in [0, 0.05) is 25.8 Å². The van der Waals surface area contributed by atoms with Gasteiger partial charge in [-0.25, -0.2) is 0 Å². The van der Waals surface area contributed by atoms with E-state index in [9.17, 15) is 19.2 Å². The molecule has 0 bridgehead atoms. The van der Waals surface area contributed by atoms with Crippen LogP contribution in [0.2, 0.25) is 0 Å². The Hall–Kier alpha value is -4.30. The van der Waals surface area contributed by atoms with Gasteiger partial charge >= 0.3 is 0 Å². The largest absolute Gasteiger partial charge is 0.383 e. The Morgan fingerprint density at radius 2 is 1.50 bits per heavy atom. The van der Waals surface area contributed by atoms with Crippen molar-refractivity contribution in [2.45, 2.75) is 24.8 Å². The maximum atomic E-state index is 14.1. The third kappa shape index (κ3) is 4.59. The van der Waals surface area contributed by atoms with Crippen molar-refractivity contribution in [3.05, 3.63) is 101 Å². The van der Waals surface area contributed by atoms with Crippen LogP contribution < -0.4 is 5.32 Å². The number of fused-ring (bicyclic) bond motifs is 2. The minimum absolute atomic E-state index is 0.128. The first kappa shape index (κ1) is 25.4. The maximum Gasteiger partial charge on any atom is 0.262 e. The van der Waals surface area contributed by atoms with E-state index in [0.717, 1.165) is 16.0 Å². The van der Waals surface area contributed by atoms with Crippen LogP contribution in [0.4, 0.5) is 5.69 Å². The molecule has 1 N–H and O–H groups in total. The van der Waals surface area contributed by atoms with Crippen LogP contribution in [0.1, 0.15) is 38.3 Å². The summed E-state index contributed by atoms with van der Waals surface area (Å²) in [7, 11) is 1.53. The second-order valence-electron chi connectivity index (χ2n) is 9.58. The van der Waals surface area contributed by atoms with Gasteiger partial charge in [0.2, 0.25) is 5.91 Å². The molecular formula is C30H29N3O5. The van der Waals surface area contributed by atoms with Crippen molar-refractivity contribution in [1.29, 1.82) is 0 Å². The van der Waals surface area contributed by atoms with Gasteiger partial charge in [-0.05, 0) is 48.2 Å². The van der Waals surface area contributed by atoms with Crippen molar-refractivity contribution in [1.82, 2.24) is 9.80 Å². The van der Waals surface area contributed by atoms with Crippen LogP contribution >= 0.6 is 0 Å². The summed E-state index contributed by atoms with van der Waals surface area (Å²) in [5.41, 5.74) is 2.05. The molecule has 0 aromatic heterocycles. The number of anilines is 1. The zero-order chi connectivity index (χ0) is 26.7. The lowest BCUT2D eigenvalue weighted by Crippen LogP contribution is -2.64. The normalized spacial score (nSPS) is 18.1. The summed E-state index contributed by atoms with van der Waals surface area (Å²) in [4.78, 5) is 56.5. The van der Waals surface area contributed by atoms with E-state index >= 15 is 0 Å². The standard InChI is InChI=1S/C30H29N3O5/c1-38-18-17-33(26(34)20-32-27(35)24-13-7-8-14-25(24)28(32)36)30(29(37)31-23-11-3-2-4-12-23)16-15-21-9-5-6-10-22(21)19-30/h2-14H,15-20H2,1H3,(H,31,37)/t30-/m1/s1. The van der Waals surface area contributed by atoms with Gasteiger partial charge in [0.25, 0.3) is 17.7 Å². The van der Waals surface area contributed by atoms with Gasteiger partial charge in [0.05, 0.1) is 17.7 Å². The van der Waals surface area contributed by atoms with E-state index in [1.54, 1.807) is 36.4 Å². The number of ether oxygens (including phenoxy) is 1. The summed E-state index contributed by atoms with van der Waals surface area (Å²) in [5, 5.41) is 3.00. The van der Waals surface area contributed by atoms with Gasteiger partial charge in [-0.2, -0.15) is 0 Å². The number of rotatable bonds is 8. The van der Waals surface area contributed by atoms with Gasteiger partial charge in [-0.1, -0.05) is 54.6 Å². The molecule has 0 fully saturated rings. The lowest BCUT2D eigenvalue weighted by atomic mass is 9.75. The number of imide groups is 1. The highest BCUT2D eigenvalue weighted by molar-refractivity contribution is 6.22. The quantitative estimate of drug-likeness (QED) is 0.468. The molecule has 8 nitrogen and oxygen atoms in total. The van der Waals surface area contributed by atoms with Gasteiger partial charge < -0.3 is 15.0 Å². The van der Waals surface area contributed by atoms with Crippen LogP contribution in [0.5, 0.6) is 0 Å². The zero-order valence-electron chi connectivity index (χ0n) is 21.2. The van der Waals surface area contributed by atoms with Crippen molar-refractivity contribution < 1.29 is 23.9 Å². The Bertz CT molecular complexity index is 1350. The van der Waals surface area contributed by atoms with E-state index in [-0.39, 0.29) is 30.2 Å². The number of hydrogen-bond acceptors (Lipinski definition) is 5. The molecule has 4 amide bonds. The third-order valence-corrected chi connectivity index (χ3v) is 7.37. The third-order valence-electron chi connectivity index (χ3n) is 7.37. The van der Waals surface area contributed by atoms with Crippen LogP contribution in [0.15, 0.2) is 78.9 Å². The number of carbonyl (C=O) groups excluding carboxylic acids is 4. The molecule has 3 aromatic carbocycles. The number of methoxy groups -OCH3 is 1. The van der Waals surface area contributed by atoms with Crippen molar-refractivity contribution >= 4 is 29.3 Å². The van der Waals surface area contributed by atoms with Crippen LogP contribution in [-0.2, 0) is 27.2 Å². The number of para-hydroxylation sites is 1. The lowest BCUT2D eigenvalue weighted by Gasteiger charge is -2.45. The average molecular weight is 512 g/mol. The molecule has 0 saturated heterocycles. The molecule has 194 valence electrons. The first-order valence-electron chi connectivity index (χ1n) is 12.6. The number of benzene rings is 3. The number of nitrogens with zero attached hydrogens (tertiary/aromatic N) is 2. The highest BCUT2D eigenvalue weighted by Crippen LogP contribution is 2.35. The first-order valence-corrected chi connectivity index (χ1v) is 12.6. The van der Waals surface area contributed by atoms with E-state index in [4.69, 9.17) is 4.74 Å². The number of hydrogen-bond donors (Lipinski definition) is 1. The number of aryl methyl sites for hydroxylation is 1. The van der Waals surface area contributed by atoms with Crippen LogP contribution in [0, 0.1) is 0 Å². The maximum absolute atomic E-state index is 14.1. The van der Waals surface area contributed by atoms with Gasteiger partial charge in [0.15, 0.2) is 0 Å². The molecular weight excluding hydrogens is 482 g/mol. The van der Waals surface area contributed by atoms with Crippen LogP contribution in [-0.4, -0.2) is 65.8 Å². The van der Waals surface area contributed by atoms with Crippen molar-refractivity contribution in [2.75, 3.05) is 32.1 Å². The highest BCUT2D eigenvalue weighted by Gasteiger charge is 2.49. The molecule has 8 heteroatoms. The summed E-state index contributed by atoms with van der Waals surface area (Å²) < 4.78 is 5.32.